The minimum absolute atomic E-state index is 0.776. The number of rotatable bonds is 3. The minimum atomic E-state index is 0.776. The molecule has 0 amide bonds. The van der Waals surface area contributed by atoms with Crippen molar-refractivity contribution in [2.75, 3.05) is 11.1 Å². The monoisotopic (exact) mass is 295 g/mol. The van der Waals surface area contributed by atoms with E-state index in [2.05, 4.69) is 24.4 Å². The first-order chi connectivity index (χ1) is 10.1. The highest BCUT2D eigenvalue weighted by atomic mass is 32.1. The Morgan fingerprint density at radius 2 is 1.81 bits per heavy atom. The van der Waals surface area contributed by atoms with Gasteiger partial charge < -0.3 is 11.1 Å². The third kappa shape index (κ3) is 2.90. The quantitative estimate of drug-likeness (QED) is 0.685. The fraction of sp³-hybridized carbons (Fsp3) is 0.118. The van der Waals surface area contributed by atoms with Gasteiger partial charge in [-0.25, -0.2) is 4.98 Å². The zero-order chi connectivity index (χ0) is 14.8. The van der Waals surface area contributed by atoms with Gasteiger partial charge >= 0.3 is 0 Å². The molecule has 0 saturated carbocycles. The van der Waals surface area contributed by atoms with Gasteiger partial charge in [-0.15, -0.1) is 11.3 Å². The lowest BCUT2D eigenvalue weighted by molar-refractivity contribution is 1.34. The van der Waals surface area contributed by atoms with Crippen molar-refractivity contribution in [3.8, 4) is 11.3 Å². The van der Waals surface area contributed by atoms with Gasteiger partial charge in [0.05, 0.1) is 5.69 Å². The molecule has 0 saturated heterocycles. The van der Waals surface area contributed by atoms with Crippen LogP contribution in [0.2, 0.25) is 0 Å². The number of nitrogens with one attached hydrogen (secondary N) is 1. The van der Waals surface area contributed by atoms with Crippen LogP contribution in [0.5, 0.6) is 0 Å². The molecule has 3 aromatic rings. The smallest absolute Gasteiger partial charge is 0.187 e. The molecule has 3 N–H and O–H groups in total. The van der Waals surface area contributed by atoms with Gasteiger partial charge in [-0.2, -0.15) is 0 Å². The van der Waals surface area contributed by atoms with Gasteiger partial charge in [-0.1, -0.05) is 30.3 Å². The summed E-state index contributed by atoms with van der Waals surface area (Å²) in [6, 6.07) is 16.1. The first kappa shape index (κ1) is 13.6. The van der Waals surface area contributed by atoms with E-state index in [1.54, 1.807) is 11.3 Å². The second-order valence-corrected chi connectivity index (χ2v) is 6.19. The molecule has 0 radical (unpaired) electrons. The summed E-state index contributed by atoms with van der Waals surface area (Å²) in [5.74, 6) is 0. The molecule has 0 atom stereocenters. The molecule has 0 bridgehead atoms. The number of nitrogen functional groups attached to an aromatic ring is 1. The van der Waals surface area contributed by atoms with Crippen LogP contribution in [0.1, 0.15) is 10.4 Å². The maximum atomic E-state index is 5.78. The maximum Gasteiger partial charge on any atom is 0.187 e. The number of hydrogen-bond donors (Lipinski definition) is 2. The number of nitrogens with zero attached hydrogens (tertiary/aromatic N) is 1. The lowest BCUT2D eigenvalue weighted by atomic mass is 10.1. The van der Waals surface area contributed by atoms with Gasteiger partial charge in [0.2, 0.25) is 0 Å². The number of benzene rings is 2. The van der Waals surface area contributed by atoms with Crippen molar-refractivity contribution in [3.63, 3.8) is 0 Å². The lowest BCUT2D eigenvalue weighted by Gasteiger charge is -2.07. The summed E-state index contributed by atoms with van der Waals surface area (Å²) in [6.07, 6.45) is 0. The molecule has 0 spiro atoms. The summed E-state index contributed by atoms with van der Waals surface area (Å²) in [4.78, 5) is 5.92. The largest absolute Gasteiger partial charge is 0.399 e. The Morgan fingerprint density at radius 1 is 1.05 bits per heavy atom. The molecule has 3 nitrogen and oxygen atoms in total. The highest BCUT2D eigenvalue weighted by Crippen LogP contribution is 2.32. The second-order valence-electron chi connectivity index (χ2n) is 4.99. The average Bonchev–Trinajstić information content (AvgIpc) is 2.84. The van der Waals surface area contributed by atoms with E-state index in [1.165, 1.54) is 4.88 Å². The number of hydrogen-bond acceptors (Lipinski definition) is 4. The zero-order valence-corrected chi connectivity index (χ0v) is 12.9. The van der Waals surface area contributed by atoms with Crippen LogP contribution in [0.25, 0.3) is 11.3 Å². The number of aromatic nitrogens is 1. The Morgan fingerprint density at radius 3 is 2.52 bits per heavy atom. The standard InChI is InChI=1S/C17H17N3S/c1-11-10-14(18)8-9-15(11)19-17-20-16(12(2)21-17)13-6-4-3-5-7-13/h3-10H,18H2,1-2H3,(H,19,20). The van der Waals surface area contributed by atoms with Crippen LogP contribution in [0.3, 0.4) is 0 Å². The van der Waals surface area contributed by atoms with Gasteiger partial charge in [0.1, 0.15) is 0 Å². The predicted molar refractivity (Wildman–Crippen MR) is 91.2 cm³/mol. The summed E-state index contributed by atoms with van der Waals surface area (Å²) >= 11 is 1.66. The number of anilines is 3. The highest BCUT2D eigenvalue weighted by molar-refractivity contribution is 7.16. The summed E-state index contributed by atoms with van der Waals surface area (Å²) in [5.41, 5.74) is 10.9. The third-order valence-corrected chi connectivity index (χ3v) is 4.22. The molecular formula is C17H17N3S. The van der Waals surface area contributed by atoms with Crippen molar-refractivity contribution < 1.29 is 0 Å². The van der Waals surface area contributed by atoms with Crippen LogP contribution in [0.15, 0.2) is 48.5 Å². The van der Waals surface area contributed by atoms with Gasteiger partial charge in [0, 0.05) is 21.8 Å². The van der Waals surface area contributed by atoms with Crippen LogP contribution >= 0.6 is 11.3 Å². The molecule has 106 valence electrons. The molecule has 0 fully saturated rings. The van der Waals surface area contributed by atoms with Crippen molar-refractivity contribution in [2.45, 2.75) is 13.8 Å². The van der Waals surface area contributed by atoms with Crippen molar-refractivity contribution in [1.29, 1.82) is 0 Å². The molecule has 21 heavy (non-hydrogen) atoms. The van der Waals surface area contributed by atoms with E-state index < -0.39 is 0 Å². The molecular weight excluding hydrogens is 278 g/mol. The van der Waals surface area contributed by atoms with E-state index in [4.69, 9.17) is 10.7 Å². The molecule has 1 heterocycles. The Kier molecular flexibility index (Phi) is 3.62. The summed E-state index contributed by atoms with van der Waals surface area (Å²) in [5, 5.41) is 4.28. The fourth-order valence-corrected chi connectivity index (χ4v) is 3.10. The van der Waals surface area contributed by atoms with Crippen LogP contribution in [-0.4, -0.2) is 4.98 Å². The zero-order valence-electron chi connectivity index (χ0n) is 12.1. The van der Waals surface area contributed by atoms with Crippen LogP contribution in [0.4, 0.5) is 16.5 Å². The number of nitrogens with two attached hydrogens (primary N) is 1. The fourth-order valence-electron chi connectivity index (χ4n) is 2.26. The predicted octanol–water partition coefficient (Wildman–Crippen LogP) is 4.75. The van der Waals surface area contributed by atoms with Gasteiger partial charge in [0.25, 0.3) is 0 Å². The third-order valence-electron chi connectivity index (χ3n) is 3.34. The average molecular weight is 295 g/mol. The molecule has 2 aromatic carbocycles. The number of aryl methyl sites for hydroxylation is 2. The van der Waals surface area contributed by atoms with Crippen molar-refractivity contribution >= 4 is 27.8 Å². The molecule has 3 rings (SSSR count). The molecule has 0 aliphatic heterocycles. The van der Waals surface area contributed by atoms with E-state index in [0.29, 0.717) is 0 Å². The Hall–Kier alpha value is -2.33. The molecule has 1 aromatic heterocycles. The van der Waals surface area contributed by atoms with Gasteiger partial charge in [-0.05, 0) is 37.6 Å². The van der Waals surface area contributed by atoms with Crippen LogP contribution in [-0.2, 0) is 0 Å². The summed E-state index contributed by atoms with van der Waals surface area (Å²) < 4.78 is 0. The maximum absolute atomic E-state index is 5.78. The first-order valence-corrected chi connectivity index (χ1v) is 7.61. The molecule has 0 aliphatic carbocycles. The first-order valence-electron chi connectivity index (χ1n) is 6.79. The normalized spacial score (nSPS) is 10.6. The molecule has 4 heteroatoms. The Labute approximate surface area is 128 Å². The van der Waals surface area contributed by atoms with E-state index in [9.17, 15) is 0 Å². The minimum Gasteiger partial charge on any atom is -0.399 e. The van der Waals surface area contributed by atoms with E-state index in [1.807, 2.05) is 43.3 Å². The topological polar surface area (TPSA) is 50.9 Å². The Bertz CT molecular complexity index is 763. The van der Waals surface area contributed by atoms with Crippen molar-refractivity contribution in [2.24, 2.45) is 0 Å². The van der Waals surface area contributed by atoms with E-state index in [-0.39, 0.29) is 0 Å². The van der Waals surface area contributed by atoms with Crippen molar-refractivity contribution in [1.82, 2.24) is 4.98 Å². The summed E-state index contributed by atoms with van der Waals surface area (Å²) in [7, 11) is 0. The lowest BCUT2D eigenvalue weighted by Crippen LogP contribution is -1.94. The van der Waals surface area contributed by atoms with Crippen LogP contribution < -0.4 is 11.1 Å². The van der Waals surface area contributed by atoms with Gasteiger partial charge in [0.15, 0.2) is 5.13 Å². The van der Waals surface area contributed by atoms with Gasteiger partial charge in [-0.3, -0.25) is 0 Å². The van der Waals surface area contributed by atoms with E-state index in [0.717, 1.165) is 33.3 Å². The van der Waals surface area contributed by atoms with E-state index >= 15 is 0 Å². The highest BCUT2D eigenvalue weighted by Gasteiger charge is 2.10. The summed E-state index contributed by atoms with van der Waals surface area (Å²) in [6.45, 7) is 4.14. The molecule has 0 unspecified atom stereocenters. The van der Waals surface area contributed by atoms with Crippen LogP contribution in [0, 0.1) is 13.8 Å². The number of thiazole rings is 1. The molecule has 0 aliphatic rings. The SMILES string of the molecule is Cc1cc(N)ccc1Nc1nc(-c2ccccc2)c(C)s1. The second kappa shape index (κ2) is 5.58. The Balaban J connectivity index is 1.91. The van der Waals surface area contributed by atoms with Crippen molar-refractivity contribution in [3.05, 3.63) is 59.0 Å².